The van der Waals surface area contributed by atoms with E-state index < -0.39 is 6.10 Å². The summed E-state index contributed by atoms with van der Waals surface area (Å²) in [5.41, 5.74) is 2.11. The molecule has 0 saturated carbocycles. The monoisotopic (exact) mass is 216 g/mol. The molecule has 1 aliphatic carbocycles. The number of carbonyl (C=O) groups is 1. The fourth-order valence-corrected chi connectivity index (χ4v) is 2.06. The van der Waals surface area contributed by atoms with Gasteiger partial charge in [-0.25, -0.2) is 0 Å². The second kappa shape index (κ2) is 5.08. The van der Waals surface area contributed by atoms with E-state index in [0.29, 0.717) is 0 Å². The summed E-state index contributed by atoms with van der Waals surface area (Å²) in [5, 5.41) is 9.29. The van der Waals surface area contributed by atoms with Gasteiger partial charge in [0.2, 0.25) is 0 Å². The molecule has 0 aliphatic heterocycles. The first-order chi connectivity index (χ1) is 7.75. The number of rotatable bonds is 4. The summed E-state index contributed by atoms with van der Waals surface area (Å²) in [6, 6.07) is 10.3. The van der Waals surface area contributed by atoms with Gasteiger partial charge in [-0.15, -0.1) is 0 Å². The van der Waals surface area contributed by atoms with Crippen LogP contribution in [0, 0.1) is 0 Å². The molecule has 84 valence electrons. The van der Waals surface area contributed by atoms with E-state index in [-0.39, 0.29) is 12.2 Å². The quantitative estimate of drug-likeness (QED) is 0.838. The normalized spacial score (nSPS) is 19.9. The highest BCUT2D eigenvalue weighted by Gasteiger charge is 2.21. The molecule has 0 bridgehead atoms. The molecule has 16 heavy (non-hydrogen) atoms. The van der Waals surface area contributed by atoms with Gasteiger partial charge in [0.1, 0.15) is 0 Å². The molecular weight excluding hydrogens is 200 g/mol. The van der Waals surface area contributed by atoms with Crippen molar-refractivity contribution in [3.63, 3.8) is 0 Å². The van der Waals surface area contributed by atoms with Crippen LogP contribution >= 0.6 is 0 Å². The van der Waals surface area contributed by atoms with E-state index in [1.165, 1.54) is 5.56 Å². The number of aliphatic hydroxyl groups excluding tert-OH is 1. The van der Waals surface area contributed by atoms with Crippen molar-refractivity contribution >= 4 is 5.78 Å². The fourth-order valence-electron chi connectivity index (χ4n) is 2.06. The lowest BCUT2D eigenvalue weighted by atomic mass is 10.0. The molecule has 1 N–H and O–H groups in total. The third-order valence-electron chi connectivity index (χ3n) is 2.90. The Labute approximate surface area is 95.6 Å². The third kappa shape index (κ3) is 2.80. The first-order valence-corrected chi connectivity index (χ1v) is 5.71. The average molecular weight is 216 g/mol. The molecule has 2 nitrogen and oxygen atoms in total. The standard InChI is InChI=1S/C14H16O2/c15-13-9-12(14(16)10-13)8-4-7-11-5-2-1-3-6-11/h1-3,5-6,9,13,15H,4,7-8,10H2. The van der Waals surface area contributed by atoms with Crippen molar-refractivity contribution in [2.75, 3.05) is 0 Å². The van der Waals surface area contributed by atoms with Gasteiger partial charge in [0.15, 0.2) is 5.78 Å². The van der Waals surface area contributed by atoms with E-state index in [1.54, 1.807) is 6.08 Å². The minimum Gasteiger partial charge on any atom is -0.389 e. The smallest absolute Gasteiger partial charge is 0.161 e. The summed E-state index contributed by atoms with van der Waals surface area (Å²) in [6.07, 6.45) is 4.17. The fraction of sp³-hybridized carbons (Fsp3) is 0.357. The zero-order chi connectivity index (χ0) is 11.4. The Morgan fingerprint density at radius 1 is 1.19 bits per heavy atom. The van der Waals surface area contributed by atoms with Crippen molar-refractivity contribution in [3.8, 4) is 0 Å². The van der Waals surface area contributed by atoms with Crippen molar-refractivity contribution in [3.05, 3.63) is 47.5 Å². The molecule has 1 atom stereocenters. The minimum atomic E-state index is -0.542. The second-order valence-electron chi connectivity index (χ2n) is 4.23. The molecule has 0 fully saturated rings. The highest BCUT2D eigenvalue weighted by atomic mass is 16.3. The van der Waals surface area contributed by atoms with Gasteiger partial charge in [0.25, 0.3) is 0 Å². The van der Waals surface area contributed by atoms with Crippen molar-refractivity contribution in [1.82, 2.24) is 0 Å². The maximum Gasteiger partial charge on any atom is 0.161 e. The summed E-state index contributed by atoms with van der Waals surface area (Å²) in [6.45, 7) is 0. The second-order valence-corrected chi connectivity index (χ2v) is 4.23. The number of hydrogen-bond acceptors (Lipinski definition) is 2. The first-order valence-electron chi connectivity index (χ1n) is 5.71. The van der Waals surface area contributed by atoms with Crippen molar-refractivity contribution in [2.24, 2.45) is 0 Å². The molecule has 2 heteroatoms. The molecule has 0 spiro atoms. The van der Waals surface area contributed by atoms with Gasteiger partial charge in [-0.1, -0.05) is 30.3 Å². The lowest BCUT2D eigenvalue weighted by Crippen LogP contribution is -2.01. The summed E-state index contributed by atoms with van der Waals surface area (Å²) in [5.74, 6) is 0.112. The van der Waals surface area contributed by atoms with E-state index in [0.717, 1.165) is 24.8 Å². The third-order valence-corrected chi connectivity index (χ3v) is 2.90. The Morgan fingerprint density at radius 3 is 2.56 bits per heavy atom. The molecule has 0 radical (unpaired) electrons. The van der Waals surface area contributed by atoms with E-state index in [2.05, 4.69) is 12.1 Å². The van der Waals surface area contributed by atoms with Crippen LogP contribution in [-0.4, -0.2) is 17.0 Å². The predicted octanol–water partition coefficient (Wildman–Crippen LogP) is 2.27. The largest absolute Gasteiger partial charge is 0.389 e. The average Bonchev–Trinajstić information content (AvgIpc) is 2.59. The Hall–Kier alpha value is -1.41. The van der Waals surface area contributed by atoms with Crippen LogP contribution in [0.2, 0.25) is 0 Å². The van der Waals surface area contributed by atoms with Crippen LogP contribution in [0.15, 0.2) is 42.0 Å². The summed E-state index contributed by atoms with van der Waals surface area (Å²) < 4.78 is 0. The highest BCUT2D eigenvalue weighted by molar-refractivity contribution is 5.98. The maximum atomic E-state index is 11.4. The number of carbonyl (C=O) groups excluding carboxylic acids is 1. The van der Waals surface area contributed by atoms with Crippen LogP contribution in [0.5, 0.6) is 0 Å². The van der Waals surface area contributed by atoms with Crippen LogP contribution in [0.3, 0.4) is 0 Å². The Kier molecular flexibility index (Phi) is 3.52. The number of Topliss-reactive ketones (excluding diaryl/α,β-unsaturated/α-hetero) is 1. The topological polar surface area (TPSA) is 37.3 Å². The summed E-state index contributed by atoms with van der Waals surface area (Å²) in [7, 11) is 0. The molecular formula is C14H16O2. The highest BCUT2D eigenvalue weighted by Crippen LogP contribution is 2.20. The van der Waals surface area contributed by atoms with Gasteiger partial charge in [-0.2, -0.15) is 0 Å². The van der Waals surface area contributed by atoms with Gasteiger partial charge in [0, 0.05) is 6.42 Å². The molecule has 0 heterocycles. The number of benzene rings is 1. The number of ketones is 1. The SMILES string of the molecule is O=C1CC(O)C=C1CCCc1ccccc1. The molecule has 1 unspecified atom stereocenters. The van der Waals surface area contributed by atoms with Crippen molar-refractivity contribution < 1.29 is 9.90 Å². The first kappa shape index (κ1) is 11.1. The molecule has 0 amide bonds. The van der Waals surface area contributed by atoms with Crippen LogP contribution in [0.4, 0.5) is 0 Å². The van der Waals surface area contributed by atoms with Crippen molar-refractivity contribution in [2.45, 2.75) is 31.8 Å². The Balaban J connectivity index is 1.81. The number of aliphatic hydroxyl groups is 1. The van der Waals surface area contributed by atoms with Crippen LogP contribution in [0.1, 0.15) is 24.8 Å². The van der Waals surface area contributed by atoms with E-state index >= 15 is 0 Å². The maximum absolute atomic E-state index is 11.4. The van der Waals surface area contributed by atoms with Gasteiger partial charge in [0.05, 0.1) is 6.10 Å². The molecule has 1 aromatic carbocycles. The lowest BCUT2D eigenvalue weighted by Gasteiger charge is -2.01. The van der Waals surface area contributed by atoms with E-state index in [1.807, 2.05) is 18.2 Å². The number of hydrogen-bond donors (Lipinski definition) is 1. The summed E-state index contributed by atoms with van der Waals surface area (Å²) in [4.78, 5) is 11.4. The van der Waals surface area contributed by atoms with Gasteiger partial charge >= 0.3 is 0 Å². The van der Waals surface area contributed by atoms with E-state index in [4.69, 9.17) is 0 Å². The predicted molar refractivity (Wildman–Crippen MR) is 63.1 cm³/mol. The van der Waals surface area contributed by atoms with Crippen LogP contribution in [-0.2, 0) is 11.2 Å². The van der Waals surface area contributed by atoms with E-state index in [9.17, 15) is 9.90 Å². The molecule has 2 rings (SSSR count). The van der Waals surface area contributed by atoms with Crippen LogP contribution in [0.25, 0.3) is 0 Å². The zero-order valence-corrected chi connectivity index (χ0v) is 9.23. The zero-order valence-electron chi connectivity index (χ0n) is 9.23. The molecule has 1 aliphatic rings. The number of aryl methyl sites for hydroxylation is 1. The van der Waals surface area contributed by atoms with Gasteiger partial charge < -0.3 is 5.11 Å². The summed E-state index contributed by atoms with van der Waals surface area (Å²) >= 11 is 0. The van der Waals surface area contributed by atoms with Crippen LogP contribution < -0.4 is 0 Å². The lowest BCUT2D eigenvalue weighted by molar-refractivity contribution is -0.115. The Bertz CT molecular complexity index is 392. The molecule has 0 saturated heterocycles. The molecule has 1 aromatic rings. The minimum absolute atomic E-state index is 0.112. The van der Waals surface area contributed by atoms with Gasteiger partial charge in [-0.05, 0) is 36.5 Å². The number of allylic oxidation sites excluding steroid dienone is 1. The Morgan fingerprint density at radius 2 is 1.94 bits per heavy atom. The van der Waals surface area contributed by atoms with Crippen molar-refractivity contribution in [1.29, 1.82) is 0 Å². The van der Waals surface area contributed by atoms with Gasteiger partial charge in [-0.3, -0.25) is 4.79 Å². The molecule has 0 aromatic heterocycles.